The number of fused-ring (bicyclic) bond motifs is 1. The standard InChI is InChI=1S/C14H18N2O3/c1-14(2,13(15)18)8-16-12(17)10-3-4-11-9(7-10)5-6-19-11/h3-4,7H,5-6,8H2,1-2H3,(H2,15,18)(H,16,17). The zero-order valence-corrected chi connectivity index (χ0v) is 11.2. The quantitative estimate of drug-likeness (QED) is 0.844. The second kappa shape index (κ2) is 4.91. The fourth-order valence-electron chi connectivity index (χ4n) is 1.82. The van der Waals surface area contributed by atoms with Crippen LogP contribution in [0.3, 0.4) is 0 Å². The lowest BCUT2D eigenvalue weighted by atomic mass is 9.92. The van der Waals surface area contributed by atoms with Crippen LogP contribution in [-0.2, 0) is 11.2 Å². The molecule has 1 heterocycles. The summed E-state index contributed by atoms with van der Waals surface area (Å²) in [6, 6.07) is 5.35. The van der Waals surface area contributed by atoms with Crippen LogP contribution < -0.4 is 15.8 Å². The summed E-state index contributed by atoms with van der Waals surface area (Å²) in [5.41, 5.74) is 6.12. The van der Waals surface area contributed by atoms with Gasteiger partial charge < -0.3 is 15.8 Å². The van der Waals surface area contributed by atoms with Crippen molar-refractivity contribution >= 4 is 11.8 Å². The Labute approximate surface area is 112 Å². The molecule has 1 aliphatic rings. The summed E-state index contributed by atoms with van der Waals surface area (Å²) in [6.45, 7) is 4.28. The Kier molecular flexibility index (Phi) is 3.46. The Balaban J connectivity index is 2.03. The van der Waals surface area contributed by atoms with Crippen LogP contribution >= 0.6 is 0 Å². The van der Waals surface area contributed by atoms with Gasteiger partial charge in [0, 0.05) is 18.5 Å². The third-order valence-electron chi connectivity index (χ3n) is 3.31. The highest BCUT2D eigenvalue weighted by Crippen LogP contribution is 2.25. The number of rotatable bonds is 4. The fraction of sp³-hybridized carbons (Fsp3) is 0.429. The van der Waals surface area contributed by atoms with Crippen molar-refractivity contribution in [1.29, 1.82) is 0 Å². The van der Waals surface area contributed by atoms with E-state index >= 15 is 0 Å². The predicted molar refractivity (Wildman–Crippen MR) is 70.9 cm³/mol. The number of nitrogens with two attached hydrogens (primary N) is 1. The molecule has 0 bridgehead atoms. The molecular weight excluding hydrogens is 244 g/mol. The maximum atomic E-state index is 12.0. The molecule has 0 spiro atoms. The van der Waals surface area contributed by atoms with Gasteiger partial charge in [0.1, 0.15) is 5.75 Å². The summed E-state index contributed by atoms with van der Waals surface area (Å²) in [5, 5.41) is 2.73. The predicted octanol–water partition coefficient (Wildman–Crippen LogP) is 0.863. The molecule has 1 aromatic carbocycles. The molecule has 2 amide bonds. The first-order valence-corrected chi connectivity index (χ1v) is 6.24. The summed E-state index contributed by atoms with van der Waals surface area (Å²) >= 11 is 0. The summed E-state index contributed by atoms with van der Waals surface area (Å²) in [4.78, 5) is 23.2. The Morgan fingerprint density at radius 2 is 2.16 bits per heavy atom. The van der Waals surface area contributed by atoms with Gasteiger partial charge in [0.05, 0.1) is 12.0 Å². The summed E-state index contributed by atoms with van der Waals surface area (Å²) in [5.74, 6) is 0.202. The average Bonchev–Trinajstić information content (AvgIpc) is 2.82. The molecular formula is C14H18N2O3. The molecule has 0 aromatic heterocycles. The van der Waals surface area contributed by atoms with Crippen molar-refractivity contribution in [3.8, 4) is 5.75 Å². The lowest BCUT2D eigenvalue weighted by Gasteiger charge is -2.20. The topological polar surface area (TPSA) is 81.4 Å². The molecule has 0 atom stereocenters. The Hall–Kier alpha value is -2.04. The summed E-state index contributed by atoms with van der Waals surface area (Å²) in [7, 11) is 0. The molecule has 102 valence electrons. The van der Waals surface area contributed by atoms with Crippen LogP contribution in [0.15, 0.2) is 18.2 Å². The molecule has 5 nitrogen and oxygen atoms in total. The van der Waals surface area contributed by atoms with Crippen molar-refractivity contribution in [3.63, 3.8) is 0 Å². The number of nitrogens with one attached hydrogen (secondary N) is 1. The lowest BCUT2D eigenvalue weighted by Crippen LogP contribution is -2.42. The molecule has 3 N–H and O–H groups in total. The Bertz CT molecular complexity index is 523. The van der Waals surface area contributed by atoms with Crippen molar-refractivity contribution in [2.24, 2.45) is 11.1 Å². The normalized spacial score (nSPS) is 13.6. The second-order valence-electron chi connectivity index (χ2n) is 5.35. The molecule has 1 aliphatic heterocycles. The molecule has 1 aromatic rings. The molecule has 0 unspecified atom stereocenters. The van der Waals surface area contributed by atoms with Gasteiger partial charge in [-0.25, -0.2) is 0 Å². The number of primary amides is 1. The number of carbonyl (C=O) groups excluding carboxylic acids is 2. The lowest BCUT2D eigenvalue weighted by molar-refractivity contribution is -0.125. The van der Waals surface area contributed by atoms with Gasteiger partial charge in [-0.1, -0.05) is 0 Å². The van der Waals surface area contributed by atoms with Gasteiger partial charge in [0.2, 0.25) is 5.91 Å². The van der Waals surface area contributed by atoms with E-state index in [1.807, 2.05) is 6.07 Å². The molecule has 0 aliphatic carbocycles. The van der Waals surface area contributed by atoms with Gasteiger partial charge in [-0.3, -0.25) is 9.59 Å². The number of hydrogen-bond donors (Lipinski definition) is 2. The van der Waals surface area contributed by atoms with Crippen LogP contribution in [-0.4, -0.2) is 25.0 Å². The molecule has 19 heavy (non-hydrogen) atoms. The zero-order valence-electron chi connectivity index (χ0n) is 11.2. The third kappa shape index (κ3) is 2.86. The van der Waals surface area contributed by atoms with E-state index in [0.29, 0.717) is 12.2 Å². The fourth-order valence-corrected chi connectivity index (χ4v) is 1.82. The van der Waals surface area contributed by atoms with E-state index < -0.39 is 11.3 Å². The number of amides is 2. The highest BCUT2D eigenvalue weighted by atomic mass is 16.5. The van der Waals surface area contributed by atoms with Gasteiger partial charge in [0.25, 0.3) is 5.91 Å². The number of benzene rings is 1. The molecule has 0 saturated carbocycles. The largest absolute Gasteiger partial charge is 0.493 e. The number of carbonyl (C=O) groups is 2. The van der Waals surface area contributed by atoms with Gasteiger partial charge in [-0.2, -0.15) is 0 Å². The van der Waals surface area contributed by atoms with E-state index in [1.54, 1.807) is 26.0 Å². The van der Waals surface area contributed by atoms with Crippen LogP contribution in [0.1, 0.15) is 29.8 Å². The molecule has 5 heteroatoms. The highest BCUT2D eigenvalue weighted by molar-refractivity contribution is 5.95. The van der Waals surface area contributed by atoms with Crippen LogP contribution in [0.25, 0.3) is 0 Å². The van der Waals surface area contributed by atoms with E-state index in [0.717, 1.165) is 17.7 Å². The molecule has 0 radical (unpaired) electrons. The van der Waals surface area contributed by atoms with E-state index in [-0.39, 0.29) is 12.5 Å². The van der Waals surface area contributed by atoms with Crippen molar-refractivity contribution in [2.45, 2.75) is 20.3 Å². The number of ether oxygens (including phenoxy) is 1. The maximum absolute atomic E-state index is 12.0. The van der Waals surface area contributed by atoms with E-state index in [2.05, 4.69) is 5.32 Å². The Morgan fingerprint density at radius 1 is 1.42 bits per heavy atom. The average molecular weight is 262 g/mol. The third-order valence-corrected chi connectivity index (χ3v) is 3.31. The van der Waals surface area contributed by atoms with Crippen molar-refractivity contribution < 1.29 is 14.3 Å². The molecule has 0 saturated heterocycles. The SMILES string of the molecule is CC(C)(CNC(=O)c1ccc2c(c1)CCO2)C(N)=O. The molecule has 2 rings (SSSR count). The monoisotopic (exact) mass is 262 g/mol. The van der Waals surface area contributed by atoms with Crippen LogP contribution in [0.4, 0.5) is 0 Å². The number of hydrogen-bond acceptors (Lipinski definition) is 3. The van der Waals surface area contributed by atoms with Crippen molar-refractivity contribution in [1.82, 2.24) is 5.32 Å². The summed E-state index contributed by atoms with van der Waals surface area (Å²) in [6.07, 6.45) is 0.823. The minimum absolute atomic E-state index is 0.205. The first-order chi connectivity index (χ1) is 8.90. The van der Waals surface area contributed by atoms with E-state index in [1.165, 1.54) is 0 Å². The first-order valence-electron chi connectivity index (χ1n) is 6.24. The Morgan fingerprint density at radius 3 is 2.84 bits per heavy atom. The van der Waals surface area contributed by atoms with Gasteiger partial charge >= 0.3 is 0 Å². The summed E-state index contributed by atoms with van der Waals surface area (Å²) < 4.78 is 5.39. The van der Waals surface area contributed by atoms with Crippen molar-refractivity contribution in [2.75, 3.05) is 13.2 Å². The smallest absolute Gasteiger partial charge is 0.251 e. The maximum Gasteiger partial charge on any atom is 0.251 e. The minimum atomic E-state index is -0.754. The minimum Gasteiger partial charge on any atom is -0.493 e. The van der Waals surface area contributed by atoms with Crippen LogP contribution in [0, 0.1) is 5.41 Å². The zero-order chi connectivity index (χ0) is 14.0. The van der Waals surface area contributed by atoms with Crippen LogP contribution in [0.5, 0.6) is 5.75 Å². The van der Waals surface area contributed by atoms with Gasteiger partial charge in [0.15, 0.2) is 0 Å². The van der Waals surface area contributed by atoms with Crippen molar-refractivity contribution in [3.05, 3.63) is 29.3 Å². The first kappa shape index (κ1) is 13.4. The van der Waals surface area contributed by atoms with E-state index in [4.69, 9.17) is 10.5 Å². The van der Waals surface area contributed by atoms with Crippen LogP contribution in [0.2, 0.25) is 0 Å². The second-order valence-corrected chi connectivity index (χ2v) is 5.35. The van der Waals surface area contributed by atoms with Gasteiger partial charge in [-0.15, -0.1) is 0 Å². The van der Waals surface area contributed by atoms with E-state index in [9.17, 15) is 9.59 Å². The van der Waals surface area contributed by atoms with Gasteiger partial charge in [-0.05, 0) is 37.6 Å². The molecule has 0 fully saturated rings. The highest BCUT2D eigenvalue weighted by Gasteiger charge is 2.25.